The van der Waals surface area contributed by atoms with Crippen LogP contribution in [0.2, 0.25) is 10.0 Å². The molecule has 1 fully saturated rings. The van der Waals surface area contributed by atoms with Crippen LogP contribution in [0, 0.1) is 5.92 Å². The summed E-state index contributed by atoms with van der Waals surface area (Å²) in [6, 6.07) is 14.6. The minimum Gasteiger partial charge on any atom is -0.339 e. The van der Waals surface area contributed by atoms with Crippen LogP contribution in [0.15, 0.2) is 59.5 Å². The van der Waals surface area contributed by atoms with Crippen LogP contribution in [0.5, 0.6) is 0 Å². The number of hydrogen-bond donors (Lipinski definition) is 2. The van der Waals surface area contributed by atoms with E-state index in [4.69, 9.17) is 23.2 Å². The van der Waals surface area contributed by atoms with Gasteiger partial charge in [-0.3, -0.25) is 25.2 Å². The number of amides is 3. The molecule has 0 radical (unpaired) electrons. The first-order chi connectivity index (χ1) is 15.4. The molecule has 0 unspecified atom stereocenters. The summed E-state index contributed by atoms with van der Waals surface area (Å²) in [6.45, 7) is 0.986. The van der Waals surface area contributed by atoms with Crippen LogP contribution >= 0.6 is 35.0 Å². The van der Waals surface area contributed by atoms with Crippen molar-refractivity contribution in [2.75, 3.05) is 18.8 Å². The van der Waals surface area contributed by atoms with Crippen molar-refractivity contribution in [3.63, 3.8) is 0 Å². The number of carbonyl (C=O) groups excluding carboxylic acids is 3. The number of carbonyl (C=O) groups is 3. The van der Waals surface area contributed by atoms with Crippen molar-refractivity contribution in [3.8, 4) is 0 Å². The molecule has 3 rings (SSSR count). The Morgan fingerprint density at radius 2 is 1.75 bits per heavy atom. The van der Waals surface area contributed by atoms with Crippen molar-refractivity contribution in [1.29, 1.82) is 0 Å². The topological polar surface area (TPSA) is 78.5 Å². The molecule has 0 atom stereocenters. The zero-order valence-corrected chi connectivity index (χ0v) is 19.6. The van der Waals surface area contributed by atoms with Gasteiger partial charge in [-0.05, 0) is 42.7 Å². The highest BCUT2D eigenvalue weighted by atomic mass is 35.5. The molecule has 0 saturated carbocycles. The van der Waals surface area contributed by atoms with Gasteiger partial charge in [-0.25, -0.2) is 0 Å². The van der Waals surface area contributed by atoms with E-state index in [2.05, 4.69) is 10.9 Å². The Balaban J connectivity index is 1.37. The van der Waals surface area contributed by atoms with Gasteiger partial charge in [0.15, 0.2) is 0 Å². The molecule has 1 heterocycles. The molecule has 6 nitrogen and oxygen atoms in total. The van der Waals surface area contributed by atoms with Gasteiger partial charge < -0.3 is 4.90 Å². The Hall–Kier alpha value is -2.48. The van der Waals surface area contributed by atoms with Gasteiger partial charge in [-0.15, -0.1) is 11.8 Å². The Morgan fingerprint density at radius 3 is 2.47 bits per heavy atom. The highest BCUT2D eigenvalue weighted by molar-refractivity contribution is 8.00. The fourth-order valence-corrected chi connectivity index (χ4v) is 4.49. The Kier molecular flexibility index (Phi) is 9.02. The van der Waals surface area contributed by atoms with Crippen LogP contribution in [-0.4, -0.2) is 41.5 Å². The molecule has 2 aromatic rings. The van der Waals surface area contributed by atoms with E-state index in [9.17, 15) is 14.4 Å². The van der Waals surface area contributed by atoms with Gasteiger partial charge in [0.25, 0.3) is 0 Å². The third-order valence-electron chi connectivity index (χ3n) is 4.97. The molecule has 3 amide bonds. The number of nitrogens with zero attached hydrogens (tertiary/aromatic N) is 1. The lowest BCUT2D eigenvalue weighted by Crippen LogP contribution is -2.48. The summed E-state index contributed by atoms with van der Waals surface area (Å²) >= 11 is 13.3. The quantitative estimate of drug-likeness (QED) is 0.360. The van der Waals surface area contributed by atoms with Gasteiger partial charge in [-0.1, -0.05) is 53.5 Å². The van der Waals surface area contributed by atoms with Crippen molar-refractivity contribution in [2.45, 2.75) is 17.7 Å². The van der Waals surface area contributed by atoms with E-state index in [-0.39, 0.29) is 29.4 Å². The maximum atomic E-state index is 12.4. The number of thioether (sulfide) groups is 1. The van der Waals surface area contributed by atoms with Gasteiger partial charge >= 0.3 is 0 Å². The first-order valence-electron chi connectivity index (χ1n) is 10.1. The van der Waals surface area contributed by atoms with Crippen LogP contribution in [0.25, 0.3) is 6.08 Å². The largest absolute Gasteiger partial charge is 0.339 e. The van der Waals surface area contributed by atoms with E-state index in [0.717, 1.165) is 5.56 Å². The molecule has 32 heavy (non-hydrogen) atoms. The Bertz CT molecular complexity index is 993. The number of benzene rings is 2. The molecule has 9 heteroatoms. The molecular formula is C23H23Cl2N3O3S. The van der Waals surface area contributed by atoms with E-state index in [1.165, 1.54) is 11.8 Å². The molecule has 168 valence electrons. The van der Waals surface area contributed by atoms with E-state index >= 15 is 0 Å². The summed E-state index contributed by atoms with van der Waals surface area (Å²) in [7, 11) is 0. The Morgan fingerprint density at radius 1 is 1.03 bits per heavy atom. The molecule has 0 bridgehead atoms. The monoisotopic (exact) mass is 491 g/mol. The van der Waals surface area contributed by atoms with E-state index in [0.29, 0.717) is 40.9 Å². The number of hydrazine groups is 1. The summed E-state index contributed by atoms with van der Waals surface area (Å²) in [5.41, 5.74) is 5.87. The predicted molar refractivity (Wildman–Crippen MR) is 128 cm³/mol. The number of hydrogen-bond acceptors (Lipinski definition) is 4. The highest BCUT2D eigenvalue weighted by Gasteiger charge is 2.26. The number of piperidine rings is 1. The van der Waals surface area contributed by atoms with Crippen LogP contribution in [-0.2, 0) is 14.4 Å². The Labute approximate surface area is 201 Å². The van der Waals surface area contributed by atoms with Crippen molar-refractivity contribution >= 4 is 58.8 Å². The highest BCUT2D eigenvalue weighted by Crippen LogP contribution is 2.29. The van der Waals surface area contributed by atoms with Crippen LogP contribution < -0.4 is 10.9 Å². The van der Waals surface area contributed by atoms with Gasteiger partial charge in [0.05, 0.1) is 10.8 Å². The fourth-order valence-electron chi connectivity index (χ4n) is 3.20. The average Bonchev–Trinajstić information content (AvgIpc) is 2.82. The second kappa shape index (κ2) is 11.9. The minimum atomic E-state index is -0.349. The normalized spacial score (nSPS) is 14.4. The van der Waals surface area contributed by atoms with E-state index in [1.54, 1.807) is 35.3 Å². The summed E-state index contributed by atoms with van der Waals surface area (Å²) in [5.74, 6) is -0.847. The van der Waals surface area contributed by atoms with Gasteiger partial charge in [-0.2, -0.15) is 0 Å². The van der Waals surface area contributed by atoms with Crippen molar-refractivity contribution in [3.05, 3.63) is 70.2 Å². The first kappa shape index (κ1) is 24.2. The second-order valence-corrected chi connectivity index (χ2v) is 9.11. The van der Waals surface area contributed by atoms with Gasteiger partial charge in [0, 0.05) is 35.0 Å². The third-order valence-corrected chi connectivity index (χ3v) is 6.70. The maximum absolute atomic E-state index is 12.4. The van der Waals surface area contributed by atoms with Crippen LogP contribution in [0.3, 0.4) is 0 Å². The number of nitrogens with one attached hydrogen (secondary N) is 2. The molecule has 2 aromatic carbocycles. The lowest BCUT2D eigenvalue weighted by Gasteiger charge is -2.30. The second-order valence-electron chi connectivity index (χ2n) is 7.24. The average molecular weight is 492 g/mol. The summed E-state index contributed by atoms with van der Waals surface area (Å²) < 4.78 is 0. The SMILES string of the molecule is O=C(CSc1cc(Cl)ccc1Cl)NNC(=O)C1CCN(C(=O)/C=C/c2ccccc2)CC1. The first-order valence-corrected chi connectivity index (χ1v) is 11.8. The molecule has 1 aliphatic rings. The summed E-state index contributed by atoms with van der Waals surface area (Å²) in [5, 5.41) is 1.04. The van der Waals surface area contributed by atoms with E-state index in [1.807, 2.05) is 30.3 Å². The molecule has 0 aromatic heterocycles. The van der Waals surface area contributed by atoms with Gasteiger partial charge in [0.2, 0.25) is 17.7 Å². The lowest BCUT2D eigenvalue weighted by molar-refractivity contribution is -0.134. The third kappa shape index (κ3) is 7.29. The van der Waals surface area contributed by atoms with Crippen molar-refractivity contribution in [1.82, 2.24) is 15.8 Å². The lowest BCUT2D eigenvalue weighted by atomic mass is 9.96. The minimum absolute atomic E-state index is 0.0716. The molecule has 2 N–H and O–H groups in total. The zero-order valence-electron chi connectivity index (χ0n) is 17.2. The number of halogens is 2. The number of likely N-dealkylation sites (tertiary alicyclic amines) is 1. The summed E-state index contributed by atoms with van der Waals surface area (Å²) in [4.78, 5) is 39.2. The van der Waals surface area contributed by atoms with Gasteiger partial charge in [0.1, 0.15) is 0 Å². The number of rotatable bonds is 6. The molecule has 1 saturated heterocycles. The van der Waals surface area contributed by atoms with Crippen LogP contribution in [0.1, 0.15) is 18.4 Å². The standard InChI is InChI=1S/C23H23Cl2N3O3S/c24-18-7-8-19(25)20(14-18)32-15-21(29)26-27-23(31)17-10-12-28(13-11-17)22(30)9-6-16-4-2-1-3-5-16/h1-9,14,17H,10-13,15H2,(H,26,29)(H,27,31)/b9-6+. The molecule has 0 aliphatic carbocycles. The molecular weight excluding hydrogens is 469 g/mol. The zero-order chi connectivity index (χ0) is 22.9. The smallest absolute Gasteiger partial charge is 0.248 e. The van der Waals surface area contributed by atoms with E-state index < -0.39 is 0 Å². The predicted octanol–water partition coefficient (Wildman–Crippen LogP) is 4.18. The van der Waals surface area contributed by atoms with Crippen molar-refractivity contribution < 1.29 is 14.4 Å². The molecule has 0 spiro atoms. The fraction of sp³-hybridized carbons (Fsp3) is 0.261. The maximum Gasteiger partial charge on any atom is 0.248 e. The molecule has 1 aliphatic heterocycles. The summed E-state index contributed by atoms with van der Waals surface area (Å²) in [6.07, 6.45) is 4.42. The van der Waals surface area contributed by atoms with Crippen LogP contribution in [0.4, 0.5) is 0 Å². The van der Waals surface area contributed by atoms with Crippen molar-refractivity contribution in [2.24, 2.45) is 5.92 Å².